The van der Waals surface area contributed by atoms with Crippen molar-refractivity contribution in [3.8, 4) is 0 Å². The molecule has 2 nitrogen and oxygen atoms in total. The minimum Gasteiger partial charge on any atom is -0.387 e. The van der Waals surface area contributed by atoms with Gasteiger partial charge in [-0.3, -0.25) is 4.99 Å². The topological polar surface area (TPSA) is 38.4 Å². The van der Waals surface area contributed by atoms with E-state index in [1.807, 2.05) is 0 Å². The highest BCUT2D eigenvalue weighted by Gasteiger charge is 2.26. The van der Waals surface area contributed by atoms with Crippen LogP contribution in [0.15, 0.2) is 4.99 Å². The molecule has 0 spiro atoms. The van der Waals surface area contributed by atoms with Gasteiger partial charge in [0.15, 0.2) is 0 Å². The molecule has 1 unspecified atom stereocenters. The van der Waals surface area contributed by atoms with Crippen molar-refractivity contribution in [2.45, 2.75) is 51.4 Å². The van der Waals surface area contributed by atoms with Crippen LogP contribution in [0.2, 0.25) is 0 Å². The molecule has 0 bridgehead atoms. The molecule has 0 aromatic carbocycles. The predicted molar refractivity (Wildman–Crippen MR) is 67.7 cm³/mol. The SMILES string of the molecule is Cl.NC1=NCCCCC1C1CCCCC1. The molecule has 1 saturated carbocycles. The Morgan fingerprint density at radius 2 is 1.60 bits per heavy atom. The average Bonchev–Trinajstić information content (AvgIpc) is 2.44. The molecule has 0 amide bonds. The molecule has 2 N–H and O–H groups in total. The quantitative estimate of drug-likeness (QED) is 0.739. The molecule has 1 atom stereocenters. The van der Waals surface area contributed by atoms with E-state index in [0.717, 1.165) is 18.3 Å². The fourth-order valence-electron chi connectivity index (χ4n) is 2.96. The first kappa shape index (κ1) is 12.8. The van der Waals surface area contributed by atoms with E-state index in [4.69, 9.17) is 5.73 Å². The molecular formula is C12H23ClN2. The van der Waals surface area contributed by atoms with Crippen molar-refractivity contribution >= 4 is 18.2 Å². The average molecular weight is 231 g/mol. The van der Waals surface area contributed by atoms with E-state index < -0.39 is 0 Å². The molecule has 1 aliphatic heterocycles. The third-order valence-electron chi connectivity index (χ3n) is 3.82. The summed E-state index contributed by atoms with van der Waals surface area (Å²) in [5.41, 5.74) is 6.06. The van der Waals surface area contributed by atoms with Crippen molar-refractivity contribution < 1.29 is 0 Å². The van der Waals surface area contributed by atoms with Crippen LogP contribution in [0.1, 0.15) is 51.4 Å². The van der Waals surface area contributed by atoms with Crippen LogP contribution in [-0.4, -0.2) is 12.4 Å². The number of rotatable bonds is 1. The first-order valence-corrected chi connectivity index (χ1v) is 6.18. The minimum absolute atomic E-state index is 0. The summed E-state index contributed by atoms with van der Waals surface area (Å²) in [6, 6.07) is 0. The first-order valence-electron chi connectivity index (χ1n) is 6.18. The van der Waals surface area contributed by atoms with Crippen LogP contribution in [0.5, 0.6) is 0 Å². The number of aliphatic imine (C=N–C) groups is 1. The van der Waals surface area contributed by atoms with Gasteiger partial charge >= 0.3 is 0 Å². The molecule has 2 aliphatic rings. The Labute approximate surface area is 99.1 Å². The Kier molecular flexibility index (Phi) is 5.44. The van der Waals surface area contributed by atoms with E-state index in [9.17, 15) is 0 Å². The normalized spacial score (nSPS) is 28.8. The highest BCUT2D eigenvalue weighted by atomic mass is 35.5. The molecule has 3 heteroatoms. The van der Waals surface area contributed by atoms with Crippen LogP contribution >= 0.6 is 12.4 Å². The molecule has 1 aliphatic carbocycles. The van der Waals surface area contributed by atoms with Gasteiger partial charge in [0, 0.05) is 12.5 Å². The second-order valence-electron chi connectivity index (χ2n) is 4.81. The number of nitrogens with zero attached hydrogens (tertiary/aromatic N) is 1. The summed E-state index contributed by atoms with van der Waals surface area (Å²) in [6.07, 6.45) is 10.9. The van der Waals surface area contributed by atoms with Gasteiger partial charge in [-0.1, -0.05) is 25.7 Å². The van der Waals surface area contributed by atoms with Crippen molar-refractivity contribution in [1.29, 1.82) is 0 Å². The largest absolute Gasteiger partial charge is 0.387 e. The summed E-state index contributed by atoms with van der Waals surface area (Å²) in [5.74, 6) is 2.44. The predicted octanol–water partition coefficient (Wildman–Crippen LogP) is 3.15. The Morgan fingerprint density at radius 1 is 0.933 bits per heavy atom. The zero-order valence-electron chi connectivity index (χ0n) is 9.45. The molecule has 2 rings (SSSR count). The Morgan fingerprint density at radius 3 is 2.33 bits per heavy atom. The summed E-state index contributed by atoms with van der Waals surface area (Å²) in [4.78, 5) is 4.47. The third-order valence-corrected chi connectivity index (χ3v) is 3.82. The van der Waals surface area contributed by atoms with Crippen LogP contribution < -0.4 is 5.73 Å². The van der Waals surface area contributed by atoms with Gasteiger partial charge in [-0.2, -0.15) is 0 Å². The van der Waals surface area contributed by atoms with E-state index in [0.29, 0.717) is 5.92 Å². The zero-order valence-corrected chi connectivity index (χ0v) is 10.3. The maximum absolute atomic E-state index is 6.06. The maximum atomic E-state index is 6.06. The van der Waals surface area contributed by atoms with Crippen LogP contribution in [0.3, 0.4) is 0 Å². The van der Waals surface area contributed by atoms with Gasteiger partial charge < -0.3 is 5.73 Å². The van der Waals surface area contributed by atoms with Crippen molar-refractivity contribution in [1.82, 2.24) is 0 Å². The highest BCUT2D eigenvalue weighted by molar-refractivity contribution is 5.85. The van der Waals surface area contributed by atoms with Gasteiger partial charge in [0.25, 0.3) is 0 Å². The summed E-state index contributed by atoms with van der Waals surface area (Å²) in [5, 5.41) is 0. The Balaban J connectivity index is 0.00000112. The lowest BCUT2D eigenvalue weighted by atomic mass is 9.77. The molecule has 0 aromatic heterocycles. The minimum atomic E-state index is 0. The van der Waals surface area contributed by atoms with E-state index >= 15 is 0 Å². The molecule has 1 fully saturated rings. The van der Waals surface area contributed by atoms with Gasteiger partial charge in [-0.25, -0.2) is 0 Å². The molecular weight excluding hydrogens is 208 g/mol. The first-order chi connectivity index (χ1) is 6.88. The maximum Gasteiger partial charge on any atom is 0.0971 e. The van der Waals surface area contributed by atoms with Crippen molar-refractivity contribution in [2.75, 3.05) is 6.54 Å². The fraction of sp³-hybridized carbons (Fsp3) is 0.917. The van der Waals surface area contributed by atoms with E-state index in [1.54, 1.807) is 0 Å². The summed E-state index contributed by atoms with van der Waals surface area (Å²) in [7, 11) is 0. The van der Waals surface area contributed by atoms with Crippen LogP contribution in [0.4, 0.5) is 0 Å². The van der Waals surface area contributed by atoms with Gasteiger partial charge in [-0.15, -0.1) is 12.4 Å². The number of hydrogen-bond acceptors (Lipinski definition) is 2. The van der Waals surface area contributed by atoms with Crippen molar-refractivity contribution in [3.05, 3.63) is 0 Å². The lowest BCUT2D eigenvalue weighted by molar-refractivity contribution is 0.286. The Hall–Kier alpha value is -0.240. The number of amidine groups is 1. The van der Waals surface area contributed by atoms with Gasteiger partial charge in [0.1, 0.15) is 0 Å². The van der Waals surface area contributed by atoms with E-state index in [-0.39, 0.29) is 12.4 Å². The number of hydrogen-bond donors (Lipinski definition) is 1. The van der Waals surface area contributed by atoms with E-state index in [1.165, 1.54) is 51.4 Å². The third kappa shape index (κ3) is 3.37. The molecule has 88 valence electrons. The zero-order chi connectivity index (χ0) is 9.80. The second kappa shape index (κ2) is 6.37. The summed E-state index contributed by atoms with van der Waals surface area (Å²) in [6.45, 7) is 0.967. The smallest absolute Gasteiger partial charge is 0.0971 e. The molecule has 0 saturated heterocycles. The number of nitrogens with two attached hydrogens (primary N) is 1. The van der Waals surface area contributed by atoms with Crippen LogP contribution in [0.25, 0.3) is 0 Å². The molecule has 0 aromatic rings. The van der Waals surface area contributed by atoms with Crippen LogP contribution in [0, 0.1) is 11.8 Å². The lowest BCUT2D eigenvalue weighted by Gasteiger charge is -2.29. The molecule has 15 heavy (non-hydrogen) atoms. The lowest BCUT2D eigenvalue weighted by Crippen LogP contribution is -2.31. The number of halogens is 1. The standard InChI is InChI=1S/C12H22N2.ClH/c13-12-11(8-4-5-9-14-12)10-6-2-1-3-7-10;/h10-11H,1-9H2,(H2,13,14);1H. The monoisotopic (exact) mass is 230 g/mol. The highest BCUT2D eigenvalue weighted by Crippen LogP contribution is 2.33. The fourth-order valence-corrected chi connectivity index (χ4v) is 2.96. The van der Waals surface area contributed by atoms with Gasteiger partial charge in [0.05, 0.1) is 5.84 Å². The van der Waals surface area contributed by atoms with Gasteiger partial charge in [-0.05, 0) is 31.6 Å². The summed E-state index contributed by atoms with van der Waals surface area (Å²) < 4.78 is 0. The van der Waals surface area contributed by atoms with Crippen molar-refractivity contribution in [3.63, 3.8) is 0 Å². The van der Waals surface area contributed by atoms with Crippen LogP contribution in [-0.2, 0) is 0 Å². The van der Waals surface area contributed by atoms with E-state index in [2.05, 4.69) is 4.99 Å². The second-order valence-corrected chi connectivity index (χ2v) is 4.81. The summed E-state index contributed by atoms with van der Waals surface area (Å²) >= 11 is 0. The van der Waals surface area contributed by atoms with Gasteiger partial charge in [0.2, 0.25) is 0 Å². The molecule has 0 radical (unpaired) electrons. The molecule has 1 heterocycles. The Bertz CT molecular complexity index is 210. The van der Waals surface area contributed by atoms with Crippen molar-refractivity contribution in [2.24, 2.45) is 22.6 Å².